The molecular weight excluding hydrogens is 514 g/mol. The number of pyridine rings is 1. The van der Waals surface area contributed by atoms with Gasteiger partial charge in [0.2, 0.25) is 11.7 Å². The Morgan fingerprint density at radius 2 is 1.69 bits per heavy atom. The first kappa shape index (κ1) is 26.5. The van der Waals surface area contributed by atoms with Crippen molar-refractivity contribution in [1.82, 2.24) is 30.5 Å². The maximum atomic E-state index is 14.0. The molecule has 0 bridgehead atoms. The molecule has 1 N–H and O–H groups in total. The number of aromatic nitrogens is 5. The monoisotopic (exact) mass is 543 g/mol. The van der Waals surface area contributed by atoms with E-state index in [9.17, 15) is 9.59 Å². The molecule has 9 nitrogen and oxygen atoms in total. The second-order valence-corrected chi connectivity index (χ2v) is 10.2. The van der Waals surface area contributed by atoms with Gasteiger partial charge in [0, 0.05) is 34.7 Å². The van der Waals surface area contributed by atoms with E-state index in [0.717, 1.165) is 36.8 Å². The number of amides is 2. The Kier molecular flexibility index (Phi) is 8.27. The van der Waals surface area contributed by atoms with E-state index < -0.39 is 6.04 Å². The molecule has 39 heavy (non-hydrogen) atoms. The summed E-state index contributed by atoms with van der Waals surface area (Å²) in [6, 6.07) is 17.3. The zero-order chi connectivity index (χ0) is 27.2. The van der Waals surface area contributed by atoms with Crippen molar-refractivity contribution in [1.29, 1.82) is 0 Å². The van der Waals surface area contributed by atoms with E-state index in [4.69, 9.17) is 11.6 Å². The van der Waals surface area contributed by atoms with Gasteiger partial charge in [0.1, 0.15) is 12.6 Å². The molecule has 0 unspecified atom stereocenters. The summed E-state index contributed by atoms with van der Waals surface area (Å²) in [5.41, 5.74) is 3.10. The number of nitrogens with zero attached hydrogens (tertiary/aromatic N) is 6. The molecule has 1 aliphatic carbocycles. The molecule has 200 valence electrons. The summed E-state index contributed by atoms with van der Waals surface area (Å²) in [4.78, 5) is 34.7. The van der Waals surface area contributed by atoms with E-state index in [2.05, 4.69) is 25.7 Å². The Balaban J connectivity index is 1.47. The van der Waals surface area contributed by atoms with E-state index in [-0.39, 0.29) is 24.4 Å². The number of aryl methyl sites for hydroxylation is 1. The maximum Gasteiger partial charge on any atom is 0.251 e. The Bertz CT molecular complexity index is 1400. The summed E-state index contributed by atoms with van der Waals surface area (Å²) < 4.78 is 0. The van der Waals surface area contributed by atoms with Crippen molar-refractivity contribution in [2.24, 2.45) is 0 Å². The lowest BCUT2D eigenvalue weighted by Crippen LogP contribution is -2.48. The minimum absolute atomic E-state index is 0.0757. The molecule has 1 fully saturated rings. The molecule has 2 heterocycles. The highest BCUT2D eigenvalue weighted by molar-refractivity contribution is 6.30. The van der Waals surface area contributed by atoms with Crippen molar-refractivity contribution in [3.8, 4) is 11.4 Å². The fourth-order valence-electron chi connectivity index (χ4n) is 4.85. The molecule has 10 heteroatoms. The zero-order valence-corrected chi connectivity index (χ0v) is 22.5. The molecule has 5 rings (SSSR count). The third-order valence-electron chi connectivity index (χ3n) is 6.89. The minimum Gasteiger partial charge on any atom is -0.351 e. The number of carbonyl (C=O) groups is 2. The van der Waals surface area contributed by atoms with Crippen LogP contribution in [0, 0.1) is 6.92 Å². The number of benzene rings is 2. The molecule has 1 saturated carbocycles. The summed E-state index contributed by atoms with van der Waals surface area (Å²) in [5, 5.41) is 16.4. The van der Waals surface area contributed by atoms with Crippen LogP contribution in [0.1, 0.15) is 49.3 Å². The molecule has 1 atom stereocenters. The SMILES string of the molecule is Cc1ccc(-c2nnn(CC(=O)N(c3ccc(Cl)cc3)[C@@H](C(=O)NC3CCCCC3)c3ccncc3)n2)cc1. The van der Waals surface area contributed by atoms with E-state index in [0.29, 0.717) is 22.1 Å². The number of hydrogen-bond acceptors (Lipinski definition) is 6. The fourth-order valence-corrected chi connectivity index (χ4v) is 4.98. The molecule has 2 aromatic heterocycles. The van der Waals surface area contributed by atoms with Gasteiger partial charge in [0.05, 0.1) is 0 Å². The summed E-state index contributed by atoms with van der Waals surface area (Å²) >= 11 is 6.16. The number of hydrogen-bond donors (Lipinski definition) is 1. The number of halogens is 1. The highest BCUT2D eigenvalue weighted by Gasteiger charge is 2.34. The first-order valence-electron chi connectivity index (χ1n) is 13.1. The first-order valence-corrected chi connectivity index (χ1v) is 13.5. The third-order valence-corrected chi connectivity index (χ3v) is 7.14. The second-order valence-electron chi connectivity index (χ2n) is 9.78. The van der Waals surface area contributed by atoms with Crippen LogP contribution in [0.15, 0.2) is 73.1 Å². The summed E-state index contributed by atoms with van der Waals surface area (Å²) in [5.74, 6) is -0.198. The van der Waals surface area contributed by atoms with E-state index in [1.54, 1.807) is 48.8 Å². The smallest absolute Gasteiger partial charge is 0.251 e. The van der Waals surface area contributed by atoms with Crippen LogP contribution >= 0.6 is 11.6 Å². The second kappa shape index (κ2) is 12.2. The lowest BCUT2D eigenvalue weighted by Gasteiger charge is -2.33. The number of anilines is 1. The summed E-state index contributed by atoms with van der Waals surface area (Å²) in [6.07, 6.45) is 8.41. The van der Waals surface area contributed by atoms with Gasteiger partial charge in [0.15, 0.2) is 0 Å². The van der Waals surface area contributed by atoms with Gasteiger partial charge in [-0.3, -0.25) is 19.5 Å². The van der Waals surface area contributed by atoms with Crippen LogP contribution in [-0.4, -0.2) is 43.0 Å². The van der Waals surface area contributed by atoms with Crippen LogP contribution in [0.5, 0.6) is 0 Å². The Morgan fingerprint density at radius 1 is 1.00 bits per heavy atom. The van der Waals surface area contributed by atoms with Gasteiger partial charge in [-0.25, -0.2) is 0 Å². The van der Waals surface area contributed by atoms with Crippen molar-refractivity contribution in [3.63, 3.8) is 0 Å². The molecule has 1 aliphatic rings. The van der Waals surface area contributed by atoms with Gasteiger partial charge in [-0.1, -0.05) is 60.7 Å². The largest absolute Gasteiger partial charge is 0.351 e. The Hall–Kier alpha value is -4.11. The minimum atomic E-state index is -0.927. The standard InChI is InChI=1S/C29H30ClN7O2/c1-20-7-9-22(10-8-20)28-33-35-36(34-28)19-26(38)37(25-13-11-23(30)12-14-25)27(21-15-17-31-18-16-21)29(39)32-24-5-3-2-4-6-24/h7-18,24,27H,2-6,19H2,1H3,(H,32,39)/t27-/m1/s1. The average Bonchev–Trinajstić information content (AvgIpc) is 3.42. The number of nitrogens with one attached hydrogen (secondary N) is 1. The lowest BCUT2D eigenvalue weighted by atomic mass is 9.94. The van der Waals surface area contributed by atoms with Crippen LogP contribution in [-0.2, 0) is 16.1 Å². The van der Waals surface area contributed by atoms with Gasteiger partial charge in [-0.15, -0.1) is 10.2 Å². The zero-order valence-electron chi connectivity index (χ0n) is 21.7. The molecule has 0 spiro atoms. The van der Waals surface area contributed by atoms with E-state index in [1.165, 1.54) is 16.1 Å². The van der Waals surface area contributed by atoms with Crippen molar-refractivity contribution < 1.29 is 9.59 Å². The predicted octanol–water partition coefficient (Wildman–Crippen LogP) is 4.92. The first-order chi connectivity index (χ1) is 19.0. The maximum absolute atomic E-state index is 14.0. The lowest BCUT2D eigenvalue weighted by molar-refractivity contribution is -0.127. The van der Waals surface area contributed by atoms with Crippen LogP contribution in [0.25, 0.3) is 11.4 Å². The van der Waals surface area contributed by atoms with Gasteiger partial charge >= 0.3 is 0 Å². The number of carbonyl (C=O) groups excluding carboxylic acids is 2. The van der Waals surface area contributed by atoms with Crippen LogP contribution < -0.4 is 10.2 Å². The third kappa shape index (κ3) is 6.49. The molecule has 0 saturated heterocycles. The van der Waals surface area contributed by atoms with Gasteiger partial charge in [-0.05, 0) is 66.9 Å². The van der Waals surface area contributed by atoms with Crippen molar-refractivity contribution in [2.75, 3.05) is 4.90 Å². The Morgan fingerprint density at radius 3 is 2.38 bits per heavy atom. The summed E-state index contributed by atoms with van der Waals surface area (Å²) in [6.45, 7) is 1.79. The van der Waals surface area contributed by atoms with Crippen molar-refractivity contribution in [3.05, 3.63) is 89.2 Å². The van der Waals surface area contributed by atoms with Crippen LogP contribution in [0.2, 0.25) is 5.02 Å². The molecule has 0 radical (unpaired) electrons. The molecule has 4 aromatic rings. The van der Waals surface area contributed by atoms with Crippen molar-refractivity contribution in [2.45, 2.75) is 57.7 Å². The highest BCUT2D eigenvalue weighted by Crippen LogP contribution is 2.30. The molecule has 2 amide bonds. The average molecular weight is 544 g/mol. The molecule has 0 aliphatic heterocycles. The quantitative estimate of drug-likeness (QED) is 0.338. The van der Waals surface area contributed by atoms with E-state index in [1.807, 2.05) is 31.2 Å². The number of rotatable bonds is 8. The number of tetrazole rings is 1. The van der Waals surface area contributed by atoms with E-state index >= 15 is 0 Å². The predicted molar refractivity (Wildman–Crippen MR) is 149 cm³/mol. The van der Waals surface area contributed by atoms with Gasteiger partial charge < -0.3 is 5.32 Å². The van der Waals surface area contributed by atoms with Crippen LogP contribution in [0.3, 0.4) is 0 Å². The van der Waals surface area contributed by atoms with Gasteiger partial charge in [-0.2, -0.15) is 4.80 Å². The summed E-state index contributed by atoms with van der Waals surface area (Å²) in [7, 11) is 0. The topological polar surface area (TPSA) is 106 Å². The van der Waals surface area contributed by atoms with Crippen molar-refractivity contribution >= 4 is 29.1 Å². The Labute approximate surface area is 232 Å². The molecule has 2 aromatic carbocycles. The normalized spacial score (nSPS) is 14.5. The highest BCUT2D eigenvalue weighted by atomic mass is 35.5. The fraction of sp³-hybridized carbons (Fsp3) is 0.310. The van der Waals surface area contributed by atoms with Gasteiger partial charge in [0.25, 0.3) is 5.91 Å². The van der Waals surface area contributed by atoms with Crippen LogP contribution in [0.4, 0.5) is 5.69 Å². The molecular formula is C29H30ClN7O2.